The van der Waals surface area contributed by atoms with Gasteiger partial charge in [-0.1, -0.05) is 13.3 Å². The number of carbonyl (C=O) groups is 1. The highest BCUT2D eigenvalue weighted by atomic mass is 19.1. The zero-order valence-electron chi connectivity index (χ0n) is 13.8. The molecule has 5 nitrogen and oxygen atoms in total. The van der Waals surface area contributed by atoms with Crippen LogP contribution in [0.1, 0.15) is 30.4 Å². The first-order valence-electron chi connectivity index (χ1n) is 8.10. The largest absolute Gasteiger partial charge is 0.334 e. The quantitative estimate of drug-likeness (QED) is 0.942. The predicted octanol–water partition coefficient (Wildman–Crippen LogP) is 2.50. The average Bonchev–Trinajstić information content (AvgIpc) is 3.10. The van der Waals surface area contributed by atoms with E-state index in [-0.39, 0.29) is 11.7 Å². The number of aromatic nitrogens is 2. The van der Waals surface area contributed by atoms with Crippen LogP contribution in [0, 0.1) is 11.7 Å². The minimum atomic E-state index is -0.336. The fourth-order valence-electron chi connectivity index (χ4n) is 3.49. The topological polar surface area (TPSA) is 52.2 Å². The molecule has 0 spiro atoms. The van der Waals surface area contributed by atoms with Crippen LogP contribution < -0.4 is 0 Å². The summed E-state index contributed by atoms with van der Waals surface area (Å²) in [5, 5.41) is 0. The van der Waals surface area contributed by atoms with Crippen LogP contribution in [0.25, 0.3) is 11.0 Å². The summed E-state index contributed by atoms with van der Waals surface area (Å²) in [5.74, 6) is 0.338. The van der Waals surface area contributed by atoms with Crippen molar-refractivity contribution >= 4 is 16.9 Å². The van der Waals surface area contributed by atoms with Crippen LogP contribution in [0.3, 0.4) is 0 Å². The summed E-state index contributed by atoms with van der Waals surface area (Å²) < 4.78 is 13.3. The number of aromatic amines is 1. The highest BCUT2D eigenvalue weighted by Gasteiger charge is 2.36. The van der Waals surface area contributed by atoms with Crippen molar-refractivity contribution in [1.29, 1.82) is 0 Å². The maximum atomic E-state index is 13.3. The van der Waals surface area contributed by atoms with E-state index in [2.05, 4.69) is 35.9 Å². The van der Waals surface area contributed by atoms with Gasteiger partial charge < -0.3 is 14.8 Å². The van der Waals surface area contributed by atoms with Crippen molar-refractivity contribution in [3.8, 4) is 0 Å². The number of H-pyrrole nitrogens is 1. The molecule has 1 aromatic carbocycles. The molecule has 3 rings (SSSR count). The normalized spacial score (nSPS) is 21.5. The van der Waals surface area contributed by atoms with E-state index in [1.165, 1.54) is 12.1 Å². The summed E-state index contributed by atoms with van der Waals surface area (Å²) in [5.41, 5.74) is 1.17. The number of nitrogens with one attached hydrogen (secondary N) is 1. The van der Waals surface area contributed by atoms with E-state index in [9.17, 15) is 9.18 Å². The molecule has 6 heteroatoms. The lowest BCUT2D eigenvalue weighted by atomic mass is 9.98. The molecule has 1 aliphatic rings. The summed E-state index contributed by atoms with van der Waals surface area (Å²) in [6, 6.07) is 4.68. The Bertz CT molecular complexity index is 712. The van der Waals surface area contributed by atoms with E-state index in [0.717, 1.165) is 19.4 Å². The second-order valence-electron chi connectivity index (χ2n) is 6.54. The van der Waals surface area contributed by atoms with E-state index < -0.39 is 0 Å². The van der Waals surface area contributed by atoms with Gasteiger partial charge >= 0.3 is 0 Å². The third-order valence-electron chi connectivity index (χ3n) is 4.66. The minimum absolute atomic E-state index is 0.105. The molecule has 1 amide bonds. The molecule has 1 N–H and O–H groups in total. The Hall–Kier alpha value is -1.95. The molecule has 2 heterocycles. The number of hydrogen-bond acceptors (Lipinski definition) is 3. The highest BCUT2D eigenvalue weighted by molar-refractivity contribution is 5.94. The molecule has 1 saturated heterocycles. The van der Waals surface area contributed by atoms with Crippen LogP contribution in [0.15, 0.2) is 18.2 Å². The Balaban J connectivity index is 1.81. The Morgan fingerprint density at radius 1 is 1.43 bits per heavy atom. The van der Waals surface area contributed by atoms with Gasteiger partial charge in [0.2, 0.25) is 0 Å². The molecule has 0 saturated carbocycles. The molecule has 2 atom stereocenters. The maximum Gasteiger partial charge on any atom is 0.289 e. The van der Waals surface area contributed by atoms with Crippen molar-refractivity contribution < 1.29 is 9.18 Å². The zero-order valence-corrected chi connectivity index (χ0v) is 13.8. The molecule has 124 valence electrons. The predicted molar refractivity (Wildman–Crippen MR) is 87.8 cm³/mol. The Morgan fingerprint density at radius 2 is 2.22 bits per heavy atom. The second kappa shape index (κ2) is 6.28. The van der Waals surface area contributed by atoms with Gasteiger partial charge in [-0.25, -0.2) is 9.37 Å². The lowest BCUT2D eigenvalue weighted by Gasteiger charge is -2.24. The van der Waals surface area contributed by atoms with Crippen molar-refractivity contribution in [3.63, 3.8) is 0 Å². The molecule has 1 aromatic heterocycles. The summed E-state index contributed by atoms with van der Waals surface area (Å²) in [6.45, 7) is 3.63. The average molecular weight is 318 g/mol. The summed E-state index contributed by atoms with van der Waals surface area (Å²) >= 11 is 0. The summed E-state index contributed by atoms with van der Waals surface area (Å²) in [6.07, 6.45) is 2.22. The third-order valence-corrected chi connectivity index (χ3v) is 4.66. The second-order valence-corrected chi connectivity index (χ2v) is 6.54. The van der Waals surface area contributed by atoms with E-state index >= 15 is 0 Å². The molecule has 1 aliphatic heterocycles. The van der Waals surface area contributed by atoms with Gasteiger partial charge in [0.25, 0.3) is 5.91 Å². The van der Waals surface area contributed by atoms with Crippen LogP contribution in [-0.2, 0) is 0 Å². The zero-order chi connectivity index (χ0) is 16.6. The number of fused-ring (bicyclic) bond motifs is 1. The number of benzene rings is 1. The first-order valence-corrected chi connectivity index (χ1v) is 8.10. The molecule has 0 bridgehead atoms. The van der Waals surface area contributed by atoms with Gasteiger partial charge in [0.05, 0.1) is 11.0 Å². The number of amides is 1. The monoisotopic (exact) mass is 318 g/mol. The molecule has 23 heavy (non-hydrogen) atoms. The number of hydrogen-bond donors (Lipinski definition) is 1. The Labute approximate surface area is 135 Å². The van der Waals surface area contributed by atoms with Crippen molar-refractivity contribution in [2.75, 3.05) is 27.2 Å². The minimum Gasteiger partial charge on any atom is -0.334 e. The first kappa shape index (κ1) is 15.9. The lowest BCUT2D eigenvalue weighted by molar-refractivity contribution is 0.0770. The Kier molecular flexibility index (Phi) is 4.35. The molecular formula is C17H23FN4O. The van der Waals surface area contributed by atoms with Gasteiger partial charge in [-0.3, -0.25) is 4.79 Å². The van der Waals surface area contributed by atoms with Crippen molar-refractivity contribution in [2.45, 2.75) is 25.8 Å². The van der Waals surface area contributed by atoms with Gasteiger partial charge in [-0.15, -0.1) is 0 Å². The molecular weight excluding hydrogens is 295 g/mol. The fourth-order valence-corrected chi connectivity index (χ4v) is 3.49. The highest BCUT2D eigenvalue weighted by Crippen LogP contribution is 2.26. The number of rotatable bonds is 4. The van der Waals surface area contributed by atoms with E-state index in [4.69, 9.17) is 0 Å². The third kappa shape index (κ3) is 3.08. The molecule has 1 fully saturated rings. The van der Waals surface area contributed by atoms with Crippen LogP contribution in [0.4, 0.5) is 4.39 Å². The molecule has 0 aliphatic carbocycles. The SMILES string of the molecule is CCC[C@@H]1CN(C(=O)c2nc3ccc(F)cc3[nH]2)C[C@H]1N(C)C. The van der Waals surface area contributed by atoms with Crippen LogP contribution >= 0.6 is 0 Å². The Morgan fingerprint density at radius 3 is 2.91 bits per heavy atom. The fraction of sp³-hybridized carbons (Fsp3) is 0.529. The number of imidazole rings is 1. The number of nitrogens with zero attached hydrogens (tertiary/aromatic N) is 3. The molecule has 0 unspecified atom stereocenters. The van der Waals surface area contributed by atoms with Gasteiger partial charge in [0, 0.05) is 19.1 Å². The summed E-state index contributed by atoms with van der Waals surface area (Å²) in [4.78, 5) is 24.1. The van der Waals surface area contributed by atoms with Crippen molar-refractivity contribution in [2.24, 2.45) is 5.92 Å². The summed E-state index contributed by atoms with van der Waals surface area (Å²) in [7, 11) is 4.12. The van der Waals surface area contributed by atoms with Gasteiger partial charge in [0.15, 0.2) is 5.82 Å². The van der Waals surface area contributed by atoms with Crippen LogP contribution in [0.5, 0.6) is 0 Å². The van der Waals surface area contributed by atoms with Crippen LogP contribution in [-0.4, -0.2) is 58.9 Å². The van der Waals surface area contributed by atoms with Crippen molar-refractivity contribution in [1.82, 2.24) is 19.8 Å². The van der Waals surface area contributed by atoms with Crippen LogP contribution in [0.2, 0.25) is 0 Å². The number of likely N-dealkylation sites (tertiary alicyclic amines) is 1. The van der Waals surface area contributed by atoms with E-state index in [0.29, 0.717) is 35.4 Å². The van der Waals surface area contributed by atoms with Gasteiger partial charge in [0.1, 0.15) is 5.82 Å². The lowest BCUT2D eigenvalue weighted by Crippen LogP contribution is -2.36. The van der Waals surface area contributed by atoms with Crippen molar-refractivity contribution in [3.05, 3.63) is 29.8 Å². The standard InChI is InChI=1S/C17H23FN4O/c1-4-5-11-9-22(10-15(11)21(2)3)17(23)16-19-13-7-6-12(18)8-14(13)20-16/h6-8,11,15H,4-5,9-10H2,1-3H3,(H,19,20)/t11-,15-/m1/s1. The van der Waals surface area contributed by atoms with Gasteiger partial charge in [-0.05, 0) is 44.6 Å². The molecule has 2 aromatic rings. The number of halogens is 1. The first-order chi connectivity index (χ1) is 11.0. The number of carbonyl (C=O) groups excluding carboxylic acids is 1. The van der Waals surface area contributed by atoms with E-state index in [1.54, 1.807) is 6.07 Å². The number of likely N-dealkylation sites (N-methyl/N-ethyl adjacent to an activating group) is 1. The van der Waals surface area contributed by atoms with E-state index in [1.807, 2.05) is 4.90 Å². The maximum absolute atomic E-state index is 13.3. The smallest absolute Gasteiger partial charge is 0.289 e. The van der Waals surface area contributed by atoms with Gasteiger partial charge in [-0.2, -0.15) is 0 Å². The molecule has 0 radical (unpaired) electrons.